The van der Waals surface area contributed by atoms with Gasteiger partial charge in [0, 0.05) is 28.4 Å². The topological polar surface area (TPSA) is 9.72 Å². The van der Waals surface area contributed by atoms with Gasteiger partial charge in [0.05, 0.1) is 22.7 Å². The molecule has 3 heteroatoms. The molecule has 0 amide bonds. The normalized spacial score (nSPS) is 12.1. The maximum Gasteiger partial charge on any atom is 0.0724 e. The molecule has 0 saturated heterocycles. The lowest BCUT2D eigenvalue weighted by atomic mass is 10.00. The van der Waals surface area contributed by atoms with Gasteiger partial charge < -0.3 is 14.7 Å². The zero-order valence-corrected chi connectivity index (χ0v) is 23.6. The van der Waals surface area contributed by atoms with Crippen LogP contribution in [0.3, 0.4) is 0 Å². The Hall–Kier alpha value is -5.80. The smallest absolute Gasteiger partial charge is 0.0724 e. The highest BCUT2D eigenvalue weighted by molar-refractivity contribution is 6.07. The zero-order valence-electron chi connectivity index (χ0n) is 23.6. The van der Waals surface area contributed by atoms with Crippen LogP contribution < -0.4 is 14.7 Å². The van der Waals surface area contributed by atoms with E-state index in [2.05, 4.69) is 191 Å². The summed E-state index contributed by atoms with van der Waals surface area (Å²) in [5.74, 6) is 0. The molecule has 0 aliphatic carbocycles. The van der Waals surface area contributed by atoms with Gasteiger partial charge in [-0.1, -0.05) is 97.1 Å². The van der Waals surface area contributed by atoms with Crippen molar-refractivity contribution in [3.05, 3.63) is 176 Å². The van der Waals surface area contributed by atoms with Crippen LogP contribution in [0.15, 0.2) is 176 Å². The molecule has 0 bridgehead atoms. The number of benzene rings is 7. The molecule has 8 rings (SSSR count). The number of nitrogens with zero attached hydrogens (tertiary/aromatic N) is 3. The van der Waals surface area contributed by atoms with Gasteiger partial charge in [-0.05, 0) is 89.6 Å². The molecule has 7 aromatic rings. The Bertz CT molecular complexity index is 1980. The molecular weight excluding hydrogens is 522 g/mol. The molecule has 0 aromatic heterocycles. The third kappa shape index (κ3) is 4.39. The molecule has 0 N–H and O–H groups in total. The van der Waals surface area contributed by atoms with Crippen LogP contribution in [0.4, 0.5) is 51.2 Å². The summed E-state index contributed by atoms with van der Waals surface area (Å²) < 4.78 is 0. The molecule has 7 aromatic carbocycles. The molecule has 0 unspecified atom stereocenters. The second kappa shape index (κ2) is 10.6. The van der Waals surface area contributed by atoms with Crippen LogP contribution in [0.25, 0.3) is 10.8 Å². The van der Waals surface area contributed by atoms with E-state index in [1.54, 1.807) is 0 Å². The van der Waals surface area contributed by atoms with Crippen molar-refractivity contribution in [2.75, 3.05) is 14.7 Å². The van der Waals surface area contributed by atoms with Crippen molar-refractivity contribution in [2.24, 2.45) is 0 Å². The monoisotopic (exact) mass is 551 g/mol. The summed E-state index contributed by atoms with van der Waals surface area (Å²) in [4.78, 5) is 7.14. The fourth-order valence-corrected chi connectivity index (χ4v) is 6.16. The van der Waals surface area contributed by atoms with E-state index in [0.29, 0.717) is 0 Å². The van der Waals surface area contributed by atoms with Gasteiger partial charge in [0.2, 0.25) is 0 Å². The van der Waals surface area contributed by atoms with E-state index < -0.39 is 0 Å². The summed E-state index contributed by atoms with van der Waals surface area (Å²) in [5, 5.41) is 2.43. The molecule has 0 saturated carbocycles. The minimum atomic E-state index is 1.09. The van der Waals surface area contributed by atoms with Gasteiger partial charge >= 0.3 is 0 Å². The van der Waals surface area contributed by atoms with Crippen LogP contribution >= 0.6 is 0 Å². The Kier molecular flexibility index (Phi) is 6.12. The van der Waals surface area contributed by atoms with Crippen LogP contribution in [-0.4, -0.2) is 0 Å². The summed E-state index contributed by atoms with van der Waals surface area (Å²) in [6.45, 7) is 0. The van der Waals surface area contributed by atoms with Crippen LogP contribution in [0.2, 0.25) is 0 Å². The summed E-state index contributed by atoms with van der Waals surface area (Å²) in [6.07, 6.45) is 0. The number of para-hydroxylation sites is 4. The standard InChI is InChI=1S/C40H29N3/c1-5-17-32(18-6-1)41(33-19-7-2-8-20-33)36-25-26-37-40(29-36)43(35-23-11-4-12-24-35)39-28-31-16-14-13-15-30(31)27-38(39)42(37)34-21-9-3-10-22-34/h1-29H. The minimum Gasteiger partial charge on any atom is -0.310 e. The highest BCUT2D eigenvalue weighted by atomic mass is 15.3. The Morgan fingerprint density at radius 1 is 0.302 bits per heavy atom. The summed E-state index contributed by atoms with van der Waals surface area (Å²) in [5.41, 5.74) is 10.1. The van der Waals surface area contributed by atoms with Gasteiger partial charge in [0.15, 0.2) is 0 Å². The average Bonchev–Trinajstić information content (AvgIpc) is 3.08. The van der Waals surface area contributed by atoms with E-state index in [1.165, 1.54) is 10.8 Å². The van der Waals surface area contributed by atoms with Gasteiger partial charge in [0.25, 0.3) is 0 Å². The molecule has 1 heterocycles. The maximum atomic E-state index is 2.41. The van der Waals surface area contributed by atoms with Gasteiger partial charge in [-0.25, -0.2) is 0 Å². The Morgan fingerprint density at radius 2 is 0.698 bits per heavy atom. The average molecular weight is 552 g/mol. The fraction of sp³-hybridized carbons (Fsp3) is 0. The zero-order chi connectivity index (χ0) is 28.6. The maximum absolute atomic E-state index is 2.41. The Balaban J connectivity index is 1.42. The first-order valence-electron chi connectivity index (χ1n) is 14.6. The fourth-order valence-electron chi connectivity index (χ4n) is 6.16. The largest absolute Gasteiger partial charge is 0.310 e. The molecule has 1 aliphatic heterocycles. The van der Waals surface area contributed by atoms with E-state index in [1.807, 2.05) is 0 Å². The molecule has 0 radical (unpaired) electrons. The summed E-state index contributed by atoms with van der Waals surface area (Å²) in [7, 11) is 0. The Morgan fingerprint density at radius 3 is 1.19 bits per heavy atom. The van der Waals surface area contributed by atoms with Gasteiger partial charge in [0.1, 0.15) is 0 Å². The number of anilines is 9. The summed E-state index contributed by atoms with van der Waals surface area (Å²) in [6, 6.07) is 62.7. The van der Waals surface area contributed by atoms with Crippen molar-refractivity contribution in [3.63, 3.8) is 0 Å². The second-order valence-corrected chi connectivity index (χ2v) is 10.7. The summed E-state index contributed by atoms with van der Waals surface area (Å²) >= 11 is 0. The highest BCUT2D eigenvalue weighted by Crippen LogP contribution is 2.56. The van der Waals surface area contributed by atoms with Crippen LogP contribution in [-0.2, 0) is 0 Å². The first-order valence-corrected chi connectivity index (χ1v) is 14.6. The highest BCUT2D eigenvalue weighted by Gasteiger charge is 2.32. The van der Waals surface area contributed by atoms with Crippen molar-refractivity contribution >= 4 is 62.0 Å². The van der Waals surface area contributed by atoms with E-state index >= 15 is 0 Å². The van der Waals surface area contributed by atoms with E-state index in [9.17, 15) is 0 Å². The van der Waals surface area contributed by atoms with Crippen molar-refractivity contribution in [1.29, 1.82) is 0 Å². The number of rotatable bonds is 5. The van der Waals surface area contributed by atoms with Crippen LogP contribution in [0.5, 0.6) is 0 Å². The molecule has 3 nitrogen and oxygen atoms in total. The number of fused-ring (bicyclic) bond motifs is 3. The van der Waals surface area contributed by atoms with Crippen molar-refractivity contribution < 1.29 is 0 Å². The number of hydrogen-bond donors (Lipinski definition) is 0. The molecule has 0 spiro atoms. The lowest BCUT2D eigenvalue weighted by Gasteiger charge is -2.41. The number of hydrogen-bond acceptors (Lipinski definition) is 3. The van der Waals surface area contributed by atoms with Crippen molar-refractivity contribution in [1.82, 2.24) is 0 Å². The van der Waals surface area contributed by atoms with Gasteiger partial charge in [-0.2, -0.15) is 0 Å². The lowest BCUT2D eigenvalue weighted by Crippen LogP contribution is -2.24. The predicted molar refractivity (Wildman–Crippen MR) is 182 cm³/mol. The lowest BCUT2D eigenvalue weighted by molar-refractivity contribution is 1.17. The molecule has 0 atom stereocenters. The van der Waals surface area contributed by atoms with Crippen LogP contribution in [0, 0.1) is 0 Å². The SMILES string of the molecule is c1ccc(N(c2ccccc2)c2ccc3c(c2)N(c2ccccc2)c2cc4ccccc4cc2N3c2ccccc2)cc1. The van der Waals surface area contributed by atoms with Crippen molar-refractivity contribution in [2.45, 2.75) is 0 Å². The third-order valence-electron chi connectivity index (χ3n) is 8.08. The molecule has 0 fully saturated rings. The van der Waals surface area contributed by atoms with Gasteiger partial charge in [-0.15, -0.1) is 0 Å². The van der Waals surface area contributed by atoms with Crippen molar-refractivity contribution in [3.8, 4) is 0 Å². The molecular formula is C40H29N3. The first-order chi connectivity index (χ1) is 21.3. The van der Waals surface area contributed by atoms with E-state index in [4.69, 9.17) is 0 Å². The first kappa shape index (κ1) is 25.0. The van der Waals surface area contributed by atoms with Crippen LogP contribution in [0.1, 0.15) is 0 Å². The molecule has 43 heavy (non-hydrogen) atoms. The van der Waals surface area contributed by atoms with E-state index in [-0.39, 0.29) is 0 Å². The third-order valence-corrected chi connectivity index (χ3v) is 8.08. The quantitative estimate of drug-likeness (QED) is 0.211. The van der Waals surface area contributed by atoms with E-state index in [0.717, 1.165) is 51.2 Å². The Labute approximate surface area is 252 Å². The molecule has 1 aliphatic rings. The van der Waals surface area contributed by atoms with Gasteiger partial charge in [-0.3, -0.25) is 0 Å². The second-order valence-electron chi connectivity index (χ2n) is 10.7. The molecule has 204 valence electrons. The minimum absolute atomic E-state index is 1.09. The predicted octanol–water partition coefficient (Wildman–Crippen LogP) is 11.6.